The SMILES string of the molecule is CNC(=O)N[C@H](C(=O)C(C)C)C(C)C. The van der Waals surface area contributed by atoms with E-state index in [2.05, 4.69) is 10.6 Å². The van der Waals surface area contributed by atoms with E-state index in [-0.39, 0.29) is 23.7 Å². The molecule has 0 fully saturated rings. The first-order valence-corrected chi connectivity index (χ1v) is 4.92. The van der Waals surface area contributed by atoms with Crippen LogP contribution in [0.15, 0.2) is 0 Å². The Morgan fingerprint density at radius 2 is 1.57 bits per heavy atom. The summed E-state index contributed by atoms with van der Waals surface area (Å²) in [4.78, 5) is 22.8. The smallest absolute Gasteiger partial charge is 0.315 e. The Balaban J connectivity index is 4.45. The Morgan fingerprint density at radius 3 is 1.86 bits per heavy atom. The average molecular weight is 200 g/mol. The number of Topliss-reactive ketones (excluding diaryl/α,β-unsaturated/α-hetero) is 1. The predicted octanol–water partition coefficient (Wildman–Crippen LogP) is 1.17. The van der Waals surface area contributed by atoms with Gasteiger partial charge in [0.2, 0.25) is 0 Å². The molecule has 0 radical (unpaired) electrons. The molecule has 0 rings (SSSR count). The van der Waals surface area contributed by atoms with Crippen LogP contribution in [0, 0.1) is 11.8 Å². The molecule has 0 saturated heterocycles. The molecule has 0 aliphatic heterocycles. The average Bonchev–Trinajstić information content (AvgIpc) is 2.11. The maximum Gasteiger partial charge on any atom is 0.315 e. The fourth-order valence-corrected chi connectivity index (χ4v) is 1.14. The van der Waals surface area contributed by atoms with Crippen LogP contribution in [-0.2, 0) is 4.79 Å². The summed E-state index contributed by atoms with van der Waals surface area (Å²) in [7, 11) is 1.53. The summed E-state index contributed by atoms with van der Waals surface area (Å²) in [5.41, 5.74) is 0. The quantitative estimate of drug-likeness (QED) is 0.715. The lowest BCUT2D eigenvalue weighted by molar-refractivity contribution is -0.124. The number of hydrogen-bond donors (Lipinski definition) is 2. The molecule has 0 bridgehead atoms. The minimum absolute atomic E-state index is 0.0560. The van der Waals surface area contributed by atoms with Crippen LogP contribution in [0.1, 0.15) is 27.7 Å². The van der Waals surface area contributed by atoms with Gasteiger partial charge in [-0.05, 0) is 5.92 Å². The summed E-state index contributed by atoms with van der Waals surface area (Å²) < 4.78 is 0. The zero-order chi connectivity index (χ0) is 11.3. The van der Waals surface area contributed by atoms with Gasteiger partial charge >= 0.3 is 6.03 Å². The molecule has 82 valence electrons. The second-order valence-electron chi connectivity index (χ2n) is 4.00. The monoisotopic (exact) mass is 200 g/mol. The summed E-state index contributed by atoms with van der Waals surface area (Å²) in [5.74, 6) is 0.130. The van der Waals surface area contributed by atoms with Gasteiger partial charge in [0.25, 0.3) is 0 Å². The highest BCUT2D eigenvalue weighted by Gasteiger charge is 2.25. The van der Waals surface area contributed by atoms with Crippen LogP contribution >= 0.6 is 0 Å². The van der Waals surface area contributed by atoms with Gasteiger partial charge in [0.05, 0.1) is 6.04 Å². The maximum absolute atomic E-state index is 11.7. The number of carbonyl (C=O) groups is 2. The van der Waals surface area contributed by atoms with Gasteiger partial charge in [-0.15, -0.1) is 0 Å². The summed E-state index contributed by atoms with van der Waals surface area (Å²) in [6.07, 6.45) is 0. The van der Waals surface area contributed by atoms with Crippen molar-refractivity contribution in [3.63, 3.8) is 0 Å². The van der Waals surface area contributed by atoms with E-state index in [1.54, 1.807) is 0 Å². The fraction of sp³-hybridized carbons (Fsp3) is 0.800. The number of hydrogen-bond acceptors (Lipinski definition) is 2. The third-order valence-corrected chi connectivity index (χ3v) is 2.06. The highest BCUT2D eigenvalue weighted by Crippen LogP contribution is 2.08. The molecule has 0 aromatic heterocycles. The van der Waals surface area contributed by atoms with Gasteiger partial charge in [0.15, 0.2) is 5.78 Å². The first-order chi connectivity index (χ1) is 6.40. The van der Waals surface area contributed by atoms with Crippen LogP contribution in [0.25, 0.3) is 0 Å². The van der Waals surface area contributed by atoms with Crippen LogP contribution in [0.4, 0.5) is 4.79 Å². The molecule has 4 nitrogen and oxygen atoms in total. The molecule has 0 unspecified atom stereocenters. The highest BCUT2D eigenvalue weighted by atomic mass is 16.2. The molecule has 14 heavy (non-hydrogen) atoms. The second-order valence-corrected chi connectivity index (χ2v) is 4.00. The Hall–Kier alpha value is -1.06. The molecule has 2 N–H and O–H groups in total. The Labute approximate surface area is 85.4 Å². The topological polar surface area (TPSA) is 58.2 Å². The zero-order valence-electron chi connectivity index (χ0n) is 9.55. The number of rotatable bonds is 4. The van der Waals surface area contributed by atoms with Gasteiger partial charge < -0.3 is 10.6 Å². The molecule has 0 aromatic rings. The van der Waals surface area contributed by atoms with E-state index in [4.69, 9.17) is 0 Å². The Morgan fingerprint density at radius 1 is 1.07 bits per heavy atom. The summed E-state index contributed by atoms with van der Waals surface area (Å²) in [5, 5.41) is 5.09. The number of carbonyl (C=O) groups excluding carboxylic acids is 2. The molecular weight excluding hydrogens is 180 g/mol. The van der Waals surface area contributed by atoms with Crippen molar-refractivity contribution in [1.82, 2.24) is 10.6 Å². The van der Waals surface area contributed by atoms with Gasteiger partial charge in [-0.3, -0.25) is 4.79 Å². The molecular formula is C10H20N2O2. The minimum atomic E-state index is -0.394. The van der Waals surface area contributed by atoms with Crippen LogP contribution in [0.3, 0.4) is 0 Å². The Bertz CT molecular complexity index is 212. The summed E-state index contributed by atoms with van der Waals surface area (Å²) in [6.45, 7) is 7.51. The summed E-state index contributed by atoms with van der Waals surface area (Å²) in [6, 6.07) is -0.701. The number of urea groups is 1. The second kappa shape index (κ2) is 5.62. The van der Waals surface area contributed by atoms with Crippen LogP contribution in [0.2, 0.25) is 0 Å². The molecule has 0 heterocycles. The van der Waals surface area contributed by atoms with Crippen LogP contribution in [0.5, 0.6) is 0 Å². The van der Waals surface area contributed by atoms with Crippen molar-refractivity contribution in [2.75, 3.05) is 7.05 Å². The summed E-state index contributed by atoms with van der Waals surface area (Å²) >= 11 is 0. The van der Waals surface area contributed by atoms with E-state index in [0.29, 0.717) is 0 Å². The fourth-order valence-electron chi connectivity index (χ4n) is 1.14. The van der Waals surface area contributed by atoms with E-state index in [1.807, 2.05) is 27.7 Å². The van der Waals surface area contributed by atoms with Gasteiger partial charge in [0, 0.05) is 13.0 Å². The molecule has 4 heteroatoms. The molecule has 0 saturated carbocycles. The lowest BCUT2D eigenvalue weighted by Crippen LogP contribution is -2.49. The molecule has 2 amide bonds. The van der Waals surface area contributed by atoms with Crippen molar-refractivity contribution in [3.8, 4) is 0 Å². The van der Waals surface area contributed by atoms with E-state index < -0.39 is 6.04 Å². The van der Waals surface area contributed by atoms with E-state index in [0.717, 1.165) is 0 Å². The normalized spacial score (nSPS) is 12.8. The van der Waals surface area contributed by atoms with Crippen molar-refractivity contribution >= 4 is 11.8 Å². The zero-order valence-corrected chi connectivity index (χ0v) is 9.55. The largest absolute Gasteiger partial charge is 0.341 e. The third-order valence-electron chi connectivity index (χ3n) is 2.06. The van der Waals surface area contributed by atoms with Gasteiger partial charge in [0.1, 0.15) is 0 Å². The van der Waals surface area contributed by atoms with Crippen molar-refractivity contribution in [2.45, 2.75) is 33.7 Å². The highest BCUT2D eigenvalue weighted by molar-refractivity contribution is 5.89. The first-order valence-electron chi connectivity index (χ1n) is 4.92. The van der Waals surface area contributed by atoms with E-state index >= 15 is 0 Å². The van der Waals surface area contributed by atoms with Gasteiger partial charge in [-0.25, -0.2) is 4.79 Å². The van der Waals surface area contributed by atoms with Crippen molar-refractivity contribution in [3.05, 3.63) is 0 Å². The number of amides is 2. The minimum Gasteiger partial charge on any atom is -0.341 e. The molecule has 1 atom stereocenters. The van der Waals surface area contributed by atoms with Crippen LogP contribution < -0.4 is 10.6 Å². The third kappa shape index (κ3) is 3.77. The molecule has 0 spiro atoms. The van der Waals surface area contributed by atoms with Gasteiger partial charge in [-0.2, -0.15) is 0 Å². The van der Waals surface area contributed by atoms with Crippen molar-refractivity contribution in [2.24, 2.45) is 11.8 Å². The first kappa shape index (κ1) is 12.9. The lowest BCUT2D eigenvalue weighted by Gasteiger charge is -2.22. The van der Waals surface area contributed by atoms with E-state index in [9.17, 15) is 9.59 Å². The Kier molecular flexibility index (Phi) is 5.20. The van der Waals surface area contributed by atoms with Crippen molar-refractivity contribution < 1.29 is 9.59 Å². The molecule has 0 aliphatic rings. The predicted molar refractivity (Wildman–Crippen MR) is 56.1 cm³/mol. The van der Waals surface area contributed by atoms with E-state index in [1.165, 1.54) is 7.05 Å². The number of nitrogens with one attached hydrogen (secondary N) is 2. The number of ketones is 1. The molecule has 0 aliphatic carbocycles. The lowest BCUT2D eigenvalue weighted by atomic mass is 9.93. The molecule has 0 aromatic carbocycles. The van der Waals surface area contributed by atoms with Gasteiger partial charge in [-0.1, -0.05) is 27.7 Å². The maximum atomic E-state index is 11.7. The van der Waals surface area contributed by atoms with Crippen molar-refractivity contribution in [1.29, 1.82) is 0 Å². The van der Waals surface area contributed by atoms with Crippen LogP contribution in [-0.4, -0.2) is 24.9 Å². The standard InChI is InChI=1S/C10H20N2O2/c1-6(2)8(9(13)7(3)4)12-10(14)11-5/h6-8H,1-5H3,(H2,11,12,14)/t8-/m0/s1.